The van der Waals surface area contributed by atoms with Crippen molar-refractivity contribution < 1.29 is 9.21 Å². The van der Waals surface area contributed by atoms with Gasteiger partial charge in [-0.2, -0.15) is 0 Å². The highest BCUT2D eigenvalue weighted by molar-refractivity contribution is 5.92. The first kappa shape index (κ1) is 10.3. The summed E-state index contributed by atoms with van der Waals surface area (Å²) in [5, 5.41) is 3.02. The monoisotopic (exact) mass is 207 g/mol. The van der Waals surface area contributed by atoms with E-state index in [1.165, 1.54) is 6.42 Å². The third kappa shape index (κ3) is 2.22. The number of nitrogens with one attached hydrogen (secondary N) is 1. The van der Waals surface area contributed by atoms with Crippen LogP contribution in [-0.4, -0.2) is 11.9 Å². The first-order chi connectivity index (χ1) is 7.16. The van der Waals surface area contributed by atoms with Crippen LogP contribution in [0.1, 0.15) is 42.3 Å². The molecule has 3 nitrogen and oxygen atoms in total. The average molecular weight is 207 g/mol. The Kier molecular flexibility index (Phi) is 2.80. The van der Waals surface area contributed by atoms with E-state index in [2.05, 4.69) is 12.2 Å². The van der Waals surface area contributed by atoms with Crippen molar-refractivity contribution in [3.63, 3.8) is 0 Å². The molecule has 1 aliphatic rings. The molecule has 0 radical (unpaired) electrons. The Hall–Kier alpha value is -1.25. The van der Waals surface area contributed by atoms with Crippen LogP contribution in [0.25, 0.3) is 0 Å². The molecule has 0 bridgehead atoms. The van der Waals surface area contributed by atoms with Gasteiger partial charge < -0.3 is 9.73 Å². The van der Waals surface area contributed by atoms with Crippen molar-refractivity contribution in [3.8, 4) is 0 Å². The minimum absolute atomic E-state index is 0.0726. The van der Waals surface area contributed by atoms with Crippen molar-refractivity contribution in [2.45, 2.75) is 39.2 Å². The standard InChI is InChI=1S/C12H17NO2/c1-8-3-4-10(7-8)13-12(14)11-9(2)5-6-15-11/h5-6,8,10H,3-4,7H2,1-2H3,(H,13,14). The SMILES string of the molecule is Cc1ccoc1C(=O)NC1CCC(C)C1. The number of carbonyl (C=O) groups excluding carboxylic acids is 1. The lowest BCUT2D eigenvalue weighted by molar-refractivity contribution is 0.0908. The predicted molar refractivity (Wildman–Crippen MR) is 57.7 cm³/mol. The summed E-state index contributed by atoms with van der Waals surface area (Å²) >= 11 is 0. The zero-order valence-electron chi connectivity index (χ0n) is 9.25. The Morgan fingerprint density at radius 1 is 1.53 bits per heavy atom. The second-order valence-corrected chi connectivity index (χ2v) is 4.52. The molecule has 1 saturated carbocycles. The van der Waals surface area contributed by atoms with Gasteiger partial charge in [0.25, 0.3) is 5.91 Å². The topological polar surface area (TPSA) is 42.2 Å². The molecule has 2 atom stereocenters. The summed E-state index contributed by atoms with van der Waals surface area (Å²) in [5.41, 5.74) is 0.901. The fraction of sp³-hybridized carbons (Fsp3) is 0.583. The van der Waals surface area contributed by atoms with Gasteiger partial charge in [-0.25, -0.2) is 0 Å². The van der Waals surface area contributed by atoms with Gasteiger partial charge in [-0.1, -0.05) is 6.92 Å². The van der Waals surface area contributed by atoms with Gasteiger partial charge in [-0.3, -0.25) is 4.79 Å². The van der Waals surface area contributed by atoms with Crippen LogP contribution in [-0.2, 0) is 0 Å². The van der Waals surface area contributed by atoms with E-state index in [0.717, 1.165) is 24.3 Å². The summed E-state index contributed by atoms with van der Waals surface area (Å²) in [4.78, 5) is 11.8. The summed E-state index contributed by atoms with van der Waals surface area (Å²) in [6.07, 6.45) is 4.95. The number of aryl methyl sites for hydroxylation is 1. The number of amides is 1. The van der Waals surface area contributed by atoms with E-state index < -0.39 is 0 Å². The Bertz CT molecular complexity index is 356. The normalized spacial score (nSPS) is 25.5. The Labute approximate surface area is 89.9 Å². The molecule has 82 valence electrons. The van der Waals surface area contributed by atoms with Crippen molar-refractivity contribution in [1.82, 2.24) is 5.32 Å². The summed E-state index contributed by atoms with van der Waals surface area (Å²) in [6, 6.07) is 2.14. The summed E-state index contributed by atoms with van der Waals surface area (Å²) in [5.74, 6) is 1.11. The fourth-order valence-electron chi connectivity index (χ4n) is 2.19. The molecule has 1 aliphatic carbocycles. The number of hydrogen-bond acceptors (Lipinski definition) is 2. The molecular formula is C12H17NO2. The molecule has 1 aromatic heterocycles. The minimum Gasteiger partial charge on any atom is -0.459 e. The lowest BCUT2D eigenvalue weighted by atomic mass is 10.1. The van der Waals surface area contributed by atoms with Crippen molar-refractivity contribution in [2.24, 2.45) is 5.92 Å². The maximum atomic E-state index is 11.8. The minimum atomic E-state index is -0.0726. The van der Waals surface area contributed by atoms with E-state index in [4.69, 9.17) is 4.42 Å². The molecule has 1 N–H and O–H groups in total. The number of rotatable bonds is 2. The third-order valence-electron chi connectivity index (χ3n) is 3.10. The summed E-state index contributed by atoms with van der Waals surface area (Å²) in [6.45, 7) is 4.11. The molecule has 2 unspecified atom stereocenters. The van der Waals surface area contributed by atoms with Crippen LogP contribution >= 0.6 is 0 Å². The number of hydrogen-bond donors (Lipinski definition) is 1. The largest absolute Gasteiger partial charge is 0.459 e. The first-order valence-electron chi connectivity index (χ1n) is 5.51. The van der Waals surface area contributed by atoms with Crippen LogP contribution < -0.4 is 5.32 Å². The average Bonchev–Trinajstić information content (AvgIpc) is 2.75. The van der Waals surface area contributed by atoms with Gasteiger partial charge in [-0.05, 0) is 38.2 Å². The highest BCUT2D eigenvalue weighted by Crippen LogP contribution is 2.25. The highest BCUT2D eigenvalue weighted by atomic mass is 16.3. The highest BCUT2D eigenvalue weighted by Gasteiger charge is 2.24. The van der Waals surface area contributed by atoms with Crippen molar-refractivity contribution in [2.75, 3.05) is 0 Å². The molecule has 1 fully saturated rings. The van der Waals surface area contributed by atoms with Gasteiger partial charge in [0.2, 0.25) is 0 Å². The zero-order valence-corrected chi connectivity index (χ0v) is 9.25. The van der Waals surface area contributed by atoms with Crippen molar-refractivity contribution in [1.29, 1.82) is 0 Å². The summed E-state index contributed by atoms with van der Waals surface area (Å²) < 4.78 is 5.15. The second kappa shape index (κ2) is 4.09. The van der Waals surface area contributed by atoms with E-state index in [9.17, 15) is 4.79 Å². The molecule has 1 aromatic rings. The first-order valence-corrected chi connectivity index (χ1v) is 5.51. The molecule has 3 heteroatoms. The van der Waals surface area contributed by atoms with Gasteiger partial charge in [-0.15, -0.1) is 0 Å². The smallest absolute Gasteiger partial charge is 0.287 e. The quantitative estimate of drug-likeness (QED) is 0.809. The molecule has 0 aromatic carbocycles. The summed E-state index contributed by atoms with van der Waals surface area (Å²) in [7, 11) is 0. The number of carbonyl (C=O) groups is 1. The van der Waals surface area contributed by atoms with Crippen LogP contribution in [0.5, 0.6) is 0 Å². The van der Waals surface area contributed by atoms with Gasteiger partial charge in [0.15, 0.2) is 5.76 Å². The van der Waals surface area contributed by atoms with Crippen LogP contribution in [0.3, 0.4) is 0 Å². The maximum absolute atomic E-state index is 11.8. The van der Waals surface area contributed by atoms with Gasteiger partial charge >= 0.3 is 0 Å². The molecule has 0 aliphatic heterocycles. The molecule has 2 rings (SSSR count). The van der Waals surface area contributed by atoms with Crippen molar-refractivity contribution >= 4 is 5.91 Å². The van der Waals surface area contributed by atoms with Gasteiger partial charge in [0.1, 0.15) is 0 Å². The van der Waals surface area contributed by atoms with E-state index in [1.807, 2.05) is 13.0 Å². The zero-order chi connectivity index (χ0) is 10.8. The van der Waals surface area contributed by atoms with Crippen molar-refractivity contribution in [3.05, 3.63) is 23.7 Å². The van der Waals surface area contributed by atoms with E-state index >= 15 is 0 Å². The van der Waals surface area contributed by atoms with E-state index in [-0.39, 0.29) is 5.91 Å². The molecule has 0 spiro atoms. The molecule has 1 heterocycles. The Balaban J connectivity index is 1.96. The Morgan fingerprint density at radius 3 is 2.87 bits per heavy atom. The predicted octanol–water partition coefficient (Wildman–Crippen LogP) is 2.51. The molecule has 1 amide bonds. The van der Waals surface area contributed by atoms with Gasteiger partial charge in [0.05, 0.1) is 6.26 Å². The Morgan fingerprint density at radius 2 is 2.33 bits per heavy atom. The van der Waals surface area contributed by atoms with Crippen LogP contribution in [0.15, 0.2) is 16.7 Å². The van der Waals surface area contributed by atoms with Gasteiger partial charge in [0, 0.05) is 11.6 Å². The van der Waals surface area contributed by atoms with E-state index in [0.29, 0.717) is 11.8 Å². The van der Waals surface area contributed by atoms with Crippen LogP contribution in [0.4, 0.5) is 0 Å². The maximum Gasteiger partial charge on any atom is 0.287 e. The molecular weight excluding hydrogens is 190 g/mol. The fourth-order valence-corrected chi connectivity index (χ4v) is 2.19. The van der Waals surface area contributed by atoms with Crippen LogP contribution in [0, 0.1) is 12.8 Å². The lowest BCUT2D eigenvalue weighted by Gasteiger charge is -2.11. The van der Waals surface area contributed by atoms with Crippen LogP contribution in [0.2, 0.25) is 0 Å². The van der Waals surface area contributed by atoms with E-state index in [1.54, 1.807) is 6.26 Å². The molecule has 15 heavy (non-hydrogen) atoms. The lowest BCUT2D eigenvalue weighted by Crippen LogP contribution is -2.32. The third-order valence-corrected chi connectivity index (χ3v) is 3.10. The second-order valence-electron chi connectivity index (χ2n) is 4.52. The molecule has 0 saturated heterocycles. The number of furan rings is 1.